The number of hydrogen-bond donors (Lipinski definition) is 3. The molecule has 0 amide bonds. The number of nitrogens with one attached hydrogen (secondary N) is 1. The molecule has 0 aliphatic carbocycles. The van der Waals surface area contributed by atoms with E-state index in [1.54, 1.807) is 0 Å². The summed E-state index contributed by atoms with van der Waals surface area (Å²) in [6.07, 6.45) is 1.08. The van der Waals surface area contributed by atoms with E-state index in [0.29, 0.717) is 12.5 Å². The molecule has 1 saturated heterocycles. The molecule has 58 valence electrons. The zero-order valence-corrected chi connectivity index (χ0v) is 6.01. The second-order valence-electron chi connectivity index (χ2n) is 2.72. The van der Waals surface area contributed by atoms with Gasteiger partial charge in [-0.15, -0.1) is 0 Å². The molecule has 4 heteroatoms. The van der Waals surface area contributed by atoms with Crippen LogP contribution in [0.2, 0.25) is 0 Å². The third-order valence-electron chi connectivity index (χ3n) is 1.96. The van der Waals surface area contributed by atoms with E-state index in [0.717, 1.165) is 19.5 Å². The summed E-state index contributed by atoms with van der Waals surface area (Å²) in [4.78, 5) is 1.86. The van der Waals surface area contributed by atoms with Gasteiger partial charge in [0.05, 0.1) is 0 Å². The van der Waals surface area contributed by atoms with Crippen molar-refractivity contribution in [3.05, 3.63) is 0 Å². The van der Waals surface area contributed by atoms with Crippen LogP contribution in [-0.2, 0) is 0 Å². The van der Waals surface area contributed by atoms with Gasteiger partial charge in [0.15, 0.2) is 5.96 Å². The van der Waals surface area contributed by atoms with E-state index in [-0.39, 0.29) is 5.96 Å². The third-order valence-corrected chi connectivity index (χ3v) is 1.96. The molecule has 10 heavy (non-hydrogen) atoms. The van der Waals surface area contributed by atoms with Crippen molar-refractivity contribution in [1.29, 1.82) is 5.41 Å². The van der Waals surface area contributed by atoms with Crippen molar-refractivity contribution in [1.82, 2.24) is 4.90 Å². The van der Waals surface area contributed by atoms with Gasteiger partial charge in [-0.3, -0.25) is 5.41 Å². The Morgan fingerprint density at radius 2 is 2.40 bits per heavy atom. The first kappa shape index (κ1) is 7.34. The molecule has 5 N–H and O–H groups in total. The summed E-state index contributed by atoms with van der Waals surface area (Å²) >= 11 is 0. The van der Waals surface area contributed by atoms with E-state index in [1.165, 1.54) is 0 Å². The number of rotatable bonds is 1. The second-order valence-corrected chi connectivity index (χ2v) is 2.72. The van der Waals surface area contributed by atoms with Crippen molar-refractivity contribution < 1.29 is 0 Å². The molecule has 0 aromatic carbocycles. The van der Waals surface area contributed by atoms with Crippen LogP contribution in [0.25, 0.3) is 0 Å². The van der Waals surface area contributed by atoms with Crippen LogP contribution < -0.4 is 11.5 Å². The number of hydrogen-bond acceptors (Lipinski definition) is 2. The van der Waals surface area contributed by atoms with Crippen molar-refractivity contribution >= 4 is 5.96 Å². The molecule has 0 aromatic heterocycles. The summed E-state index contributed by atoms with van der Waals surface area (Å²) in [5, 5.41) is 7.12. The highest BCUT2D eigenvalue weighted by Crippen LogP contribution is 2.13. The summed E-state index contributed by atoms with van der Waals surface area (Å²) in [5.74, 6) is 0.722. The highest BCUT2D eigenvalue weighted by atomic mass is 15.2. The van der Waals surface area contributed by atoms with Crippen molar-refractivity contribution in [3.63, 3.8) is 0 Å². The molecule has 4 nitrogen and oxygen atoms in total. The number of likely N-dealkylation sites (tertiary alicyclic amines) is 1. The first-order valence-electron chi connectivity index (χ1n) is 3.53. The minimum Gasteiger partial charge on any atom is -0.370 e. The lowest BCUT2D eigenvalue weighted by Gasteiger charge is -2.14. The SMILES string of the molecule is N=C(N)N1CC[C@H](CN)C1. The Labute approximate surface area is 60.7 Å². The summed E-state index contributed by atoms with van der Waals surface area (Å²) in [6.45, 7) is 2.48. The fraction of sp³-hybridized carbons (Fsp3) is 0.833. The Balaban J connectivity index is 2.35. The molecule has 1 fully saturated rings. The van der Waals surface area contributed by atoms with Gasteiger partial charge in [0.2, 0.25) is 0 Å². The van der Waals surface area contributed by atoms with Crippen LogP contribution in [0, 0.1) is 11.3 Å². The van der Waals surface area contributed by atoms with Crippen LogP contribution in [0.15, 0.2) is 0 Å². The molecular formula is C6H14N4. The van der Waals surface area contributed by atoms with E-state index in [4.69, 9.17) is 16.9 Å². The zero-order valence-electron chi connectivity index (χ0n) is 6.01. The largest absolute Gasteiger partial charge is 0.370 e. The van der Waals surface area contributed by atoms with Crippen molar-refractivity contribution in [2.24, 2.45) is 17.4 Å². The monoisotopic (exact) mass is 142 g/mol. The Bertz CT molecular complexity index is 134. The molecule has 0 bridgehead atoms. The second kappa shape index (κ2) is 2.88. The average Bonchev–Trinajstić information content (AvgIpc) is 2.34. The standard InChI is InChI=1S/C6H14N4/c7-3-5-1-2-10(4-5)6(8)9/h5H,1-4,7H2,(H3,8,9)/t5-/m1/s1. The average molecular weight is 142 g/mol. The summed E-state index contributed by atoms with van der Waals surface area (Å²) in [6, 6.07) is 0. The van der Waals surface area contributed by atoms with Gasteiger partial charge in [-0.2, -0.15) is 0 Å². The molecule has 0 radical (unpaired) electrons. The molecule has 1 aliphatic heterocycles. The van der Waals surface area contributed by atoms with E-state index in [2.05, 4.69) is 0 Å². The fourth-order valence-electron chi connectivity index (χ4n) is 1.24. The van der Waals surface area contributed by atoms with Gasteiger partial charge in [0, 0.05) is 13.1 Å². The van der Waals surface area contributed by atoms with Gasteiger partial charge in [0.25, 0.3) is 0 Å². The van der Waals surface area contributed by atoms with Gasteiger partial charge < -0.3 is 16.4 Å². The number of guanidine groups is 1. The van der Waals surface area contributed by atoms with Crippen LogP contribution in [0.3, 0.4) is 0 Å². The summed E-state index contributed by atoms with van der Waals surface area (Å²) in [7, 11) is 0. The van der Waals surface area contributed by atoms with E-state index >= 15 is 0 Å². The maximum atomic E-state index is 7.12. The minimum atomic E-state index is 0.177. The highest BCUT2D eigenvalue weighted by molar-refractivity contribution is 5.74. The van der Waals surface area contributed by atoms with Crippen LogP contribution in [0.5, 0.6) is 0 Å². The van der Waals surface area contributed by atoms with Crippen LogP contribution in [0.4, 0.5) is 0 Å². The molecule has 0 spiro atoms. The van der Waals surface area contributed by atoms with Crippen LogP contribution >= 0.6 is 0 Å². The fourth-order valence-corrected chi connectivity index (χ4v) is 1.24. The Kier molecular flexibility index (Phi) is 2.11. The first-order chi connectivity index (χ1) is 4.74. The lowest BCUT2D eigenvalue weighted by molar-refractivity contribution is 0.476. The normalized spacial score (nSPS) is 25.3. The minimum absolute atomic E-state index is 0.177. The molecule has 0 unspecified atom stereocenters. The van der Waals surface area contributed by atoms with Gasteiger partial charge >= 0.3 is 0 Å². The molecule has 0 saturated carbocycles. The topological polar surface area (TPSA) is 79.1 Å². The van der Waals surface area contributed by atoms with Crippen molar-refractivity contribution in [3.8, 4) is 0 Å². The summed E-state index contributed by atoms with van der Waals surface area (Å²) in [5.41, 5.74) is 10.7. The number of nitrogens with two attached hydrogens (primary N) is 2. The molecule has 1 atom stereocenters. The molecule has 1 aliphatic rings. The first-order valence-corrected chi connectivity index (χ1v) is 3.53. The molecule has 1 heterocycles. The van der Waals surface area contributed by atoms with Crippen molar-refractivity contribution in [2.75, 3.05) is 19.6 Å². The van der Waals surface area contributed by atoms with E-state index in [9.17, 15) is 0 Å². The van der Waals surface area contributed by atoms with Crippen LogP contribution in [-0.4, -0.2) is 30.5 Å². The molecule has 0 aromatic rings. The number of nitrogens with zero attached hydrogens (tertiary/aromatic N) is 1. The third kappa shape index (κ3) is 1.39. The Morgan fingerprint density at radius 1 is 1.70 bits per heavy atom. The Morgan fingerprint density at radius 3 is 2.70 bits per heavy atom. The maximum absolute atomic E-state index is 7.12. The predicted octanol–water partition coefficient (Wildman–Crippen LogP) is -0.840. The zero-order chi connectivity index (χ0) is 7.56. The van der Waals surface area contributed by atoms with E-state index in [1.807, 2.05) is 4.90 Å². The molecule has 1 rings (SSSR count). The molecular weight excluding hydrogens is 128 g/mol. The van der Waals surface area contributed by atoms with Gasteiger partial charge in [0.1, 0.15) is 0 Å². The maximum Gasteiger partial charge on any atom is 0.188 e. The van der Waals surface area contributed by atoms with Crippen molar-refractivity contribution in [2.45, 2.75) is 6.42 Å². The highest BCUT2D eigenvalue weighted by Gasteiger charge is 2.21. The van der Waals surface area contributed by atoms with Crippen LogP contribution in [0.1, 0.15) is 6.42 Å². The van der Waals surface area contributed by atoms with Gasteiger partial charge in [-0.25, -0.2) is 0 Å². The quantitative estimate of drug-likeness (QED) is 0.330. The van der Waals surface area contributed by atoms with Gasteiger partial charge in [-0.1, -0.05) is 0 Å². The Hall–Kier alpha value is -0.770. The lowest BCUT2D eigenvalue weighted by atomic mass is 10.1. The predicted molar refractivity (Wildman–Crippen MR) is 40.6 cm³/mol. The smallest absolute Gasteiger partial charge is 0.188 e. The summed E-state index contributed by atoms with van der Waals surface area (Å²) < 4.78 is 0. The van der Waals surface area contributed by atoms with E-state index < -0.39 is 0 Å². The lowest BCUT2D eigenvalue weighted by Crippen LogP contribution is -2.34. The van der Waals surface area contributed by atoms with Gasteiger partial charge in [-0.05, 0) is 18.9 Å².